The summed E-state index contributed by atoms with van der Waals surface area (Å²) in [6, 6.07) is 7.01. The second-order valence-electron chi connectivity index (χ2n) is 8.06. The van der Waals surface area contributed by atoms with E-state index in [4.69, 9.17) is 16.3 Å². The first-order valence-electron chi connectivity index (χ1n) is 8.00. The fraction of sp³-hybridized carbons (Fsp3) is 0.450. The van der Waals surface area contributed by atoms with Crippen LogP contribution >= 0.6 is 11.6 Å². The van der Waals surface area contributed by atoms with Crippen molar-refractivity contribution in [1.82, 2.24) is 4.98 Å². The van der Waals surface area contributed by atoms with Crippen molar-refractivity contribution in [1.29, 1.82) is 0 Å². The largest absolute Gasteiger partial charge is 0.496 e. The molecule has 0 saturated carbocycles. The Kier molecular flexibility index (Phi) is 4.96. The van der Waals surface area contributed by atoms with Gasteiger partial charge in [0.15, 0.2) is 0 Å². The summed E-state index contributed by atoms with van der Waals surface area (Å²) in [6.45, 7) is 12.2. The summed E-state index contributed by atoms with van der Waals surface area (Å²) < 4.78 is 20.0. The van der Waals surface area contributed by atoms with Crippen LogP contribution in [0, 0.1) is 5.82 Å². The van der Waals surface area contributed by atoms with Gasteiger partial charge in [-0.2, -0.15) is 0 Å². The van der Waals surface area contributed by atoms with E-state index >= 15 is 0 Å². The highest BCUT2D eigenvalue weighted by atomic mass is 35.5. The Morgan fingerprint density at radius 3 is 2.08 bits per heavy atom. The van der Waals surface area contributed by atoms with Crippen LogP contribution in [0.1, 0.15) is 52.8 Å². The highest BCUT2D eigenvalue weighted by Crippen LogP contribution is 2.40. The fourth-order valence-electron chi connectivity index (χ4n) is 2.73. The van der Waals surface area contributed by atoms with Crippen molar-refractivity contribution in [3.05, 3.63) is 46.5 Å². The summed E-state index contributed by atoms with van der Waals surface area (Å²) in [6.07, 6.45) is 0. The van der Waals surface area contributed by atoms with Crippen molar-refractivity contribution in [3.8, 4) is 16.9 Å². The van der Waals surface area contributed by atoms with Gasteiger partial charge in [-0.25, -0.2) is 9.37 Å². The Bertz CT molecular complexity index is 757. The molecule has 130 valence electrons. The second-order valence-corrected chi connectivity index (χ2v) is 8.45. The van der Waals surface area contributed by atoms with Crippen molar-refractivity contribution in [2.45, 2.75) is 52.4 Å². The van der Waals surface area contributed by atoms with Crippen LogP contribution in [-0.4, -0.2) is 12.1 Å². The van der Waals surface area contributed by atoms with Crippen LogP contribution in [0.15, 0.2) is 24.3 Å². The average molecular weight is 350 g/mol. The zero-order valence-corrected chi connectivity index (χ0v) is 16.2. The maximum absolute atomic E-state index is 14.5. The number of ether oxygens (including phenoxy) is 1. The number of hydrogen-bond donors (Lipinski definition) is 0. The predicted octanol–water partition coefficient (Wildman–Crippen LogP) is 6.14. The molecule has 0 unspecified atom stereocenters. The van der Waals surface area contributed by atoms with Gasteiger partial charge < -0.3 is 4.74 Å². The molecule has 0 aliphatic carbocycles. The maximum Gasteiger partial charge on any atom is 0.130 e. The number of halogens is 2. The highest BCUT2D eigenvalue weighted by molar-refractivity contribution is 6.29. The topological polar surface area (TPSA) is 22.1 Å². The SMILES string of the molecule is COc1cc(F)c(C(C)(C)C)cc1-c1ccc(Cl)nc1C(C)(C)C. The summed E-state index contributed by atoms with van der Waals surface area (Å²) in [5.74, 6) is 0.234. The van der Waals surface area contributed by atoms with Crippen molar-refractivity contribution in [2.24, 2.45) is 0 Å². The van der Waals surface area contributed by atoms with Gasteiger partial charge >= 0.3 is 0 Å². The molecule has 4 heteroatoms. The van der Waals surface area contributed by atoms with Crippen molar-refractivity contribution >= 4 is 11.6 Å². The van der Waals surface area contributed by atoms with E-state index in [1.165, 1.54) is 6.07 Å². The van der Waals surface area contributed by atoms with Crippen LogP contribution < -0.4 is 4.74 Å². The number of methoxy groups -OCH3 is 1. The van der Waals surface area contributed by atoms with Gasteiger partial charge in [-0.3, -0.25) is 0 Å². The molecule has 0 spiro atoms. The van der Waals surface area contributed by atoms with Crippen LogP contribution in [0.5, 0.6) is 5.75 Å². The Labute approximate surface area is 149 Å². The van der Waals surface area contributed by atoms with E-state index in [0.717, 1.165) is 16.8 Å². The Morgan fingerprint density at radius 1 is 0.958 bits per heavy atom. The molecule has 0 radical (unpaired) electrons. The van der Waals surface area contributed by atoms with E-state index in [1.54, 1.807) is 13.2 Å². The predicted molar refractivity (Wildman–Crippen MR) is 98.6 cm³/mol. The first-order chi connectivity index (χ1) is 10.9. The summed E-state index contributed by atoms with van der Waals surface area (Å²) in [7, 11) is 1.55. The maximum atomic E-state index is 14.5. The molecule has 0 bridgehead atoms. The molecule has 0 fully saturated rings. The van der Waals surface area contributed by atoms with Gasteiger partial charge in [-0.05, 0) is 29.2 Å². The number of rotatable bonds is 2. The van der Waals surface area contributed by atoms with Crippen LogP contribution in [0.2, 0.25) is 5.15 Å². The third-order valence-electron chi connectivity index (χ3n) is 3.96. The lowest BCUT2D eigenvalue weighted by molar-refractivity contribution is 0.410. The number of benzene rings is 1. The molecular formula is C20H25ClFNO. The fourth-order valence-corrected chi connectivity index (χ4v) is 2.88. The van der Waals surface area contributed by atoms with Gasteiger partial charge in [0.05, 0.1) is 12.8 Å². The summed E-state index contributed by atoms with van der Waals surface area (Å²) in [4.78, 5) is 4.53. The van der Waals surface area contributed by atoms with E-state index in [2.05, 4.69) is 25.8 Å². The molecule has 1 aromatic carbocycles. The van der Waals surface area contributed by atoms with E-state index < -0.39 is 0 Å². The normalized spacial score (nSPS) is 12.4. The first kappa shape index (κ1) is 18.7. The molecule has 1 aromatic heterocycles. The monoisotopic (exact) mass is 349 g/mol. The lowest BCUT2D eigenvalue weighted by atomic mass is 9.82. The van der Waals surface area contributed by atoms with E-state index in [9.17, 15) is 4.39 Å². The van der Waals surface area contributed by atoms with Crippen LogP contribution in [0.4, 0.5) is 4.39 Å². The average Bonchev–Trinajstić information content (AvgIpc) is 2.45. The minimum absolute atomic E-state index is 0.207. The number of aromatic nitrogens is 1. The van der Waals surface area contributed by atoms with Crippen molar-refractivity contribution in [3.63, 3.8) is 0 Å². The molecule has 2 nitrogen and oxygen atoms in total. The first-order valence-corrected chi connectivity index (χ1v) is 8.38. The van der Waals surface area contributed by atoms with Crippen LogP contribution in [-0.2, 0) is 10.8 Å². The second kappa shape index (κ2) is 6.36. The molecule has 0 aliphatic rings. The summed E-state index contributed by atoms with van der Waals surface area (Å²) in [5, 5.41) is 0.445. The molecule has 0 aliphatic heterocycles. The van der Waals surface area contributed by atoms with Gasteiger partial charge in [0.1, 0.15) is 16.7 Å². The lowest BCUT2D eigenvalue weighted by Crippen LogP contribution is -2.17. The van der Waals surface area contributed by atoms with Crippen molar-refractivity contribution in [2.75, 3.05) is 7.11 Å². The van der Waals surface area contributed by atoms with Gasteiger partial charge in [-0.15, -0.1) is 0 Å². The number of hydrogen-bond acceptors (Lipinski definition) is 2. The zero-order chi connectivity index (χ0) is 18.3. The van der Waals surface area contributed by atoms with Crippen LogP contribution in [0.25, 0.3) is 11.1 Å². The number of pyridine rings is 1. The molecule has 2 aromatic rings. The lowest BCUT2D eigenvalue weighted by Gasteiger charge is -2.25. The minimum atomic E-state index is -0.313. The van der Waals surface area contributed by atoms with E-state index in [0.29, 0.717) is 16.5 Å². The van der Waals surface area contributed by atoms with Gasteiger partial charge in [0, 0.05) is 22.6 Å². The molecule has 24 heavy (non-hydrogen) atoms. The van der Waals surface area contributed by atoms with Gasteiger partial charge in [0.25, 0.3) is 0 Å². The quantitative estimate of drug-likeness (QED) is 0.607. The molecule has 0 N–H and O–H groups in total. The van der Waals surface area contributed by atoms with Gasteiger partial charge in [-0.1, -0.05) is 53.1 Å². The summed E-state index contributed by atoms with van der Waals surface area (Å²) in [5.41, 5.74) is 2.73. The number of nitrogens with zero attached hydrogens (tertiary/aromatic N) is 1. The zero-order valence-electron chi connectivity index (χ0n) is 15.4. The molecule has 0 atom stereocenters. The Hall–Kier alpha value is -1.61. The smallest absolute Gasteiger partial charge is 0.130 e. The third-order valence-corrected chi connectivity index (χ3v) is 4.17. The molecule has 2 rings (SSSR count). The molecular weight excluding hydrogens is 325 g/mol. The Morgan fingerprint density at radius 2 is 1.58 bits per heavy atom. The molecule has 1 heterocycles. The molecule has 0 saturated heterocycles. The minimum Gasteiger partial charge on any atom is -0.496 e. The third kappa shape index (κ3) is 3.72. The van der Waals surface area contributed by atoms with Crippen molar-refractivity contribution < 1.29 is 9.13 Å². The van der Waals surface area contributed by atoms with E-state index in [-0.39, 0.29) is 16.6 Å². The van der Waals surface area contributed by atoms with Gasteiger partial charge in [0.2, 0.25) is 0 Å². The standard InChI is InChI=1S/C20H25ClFNO/c1-19(2,3)14-10-13(16(24-7)11-15(14)22)12-8-9-17(21)23-18(12)20(4,5)6/h8-11H,1-7H3. The van der Waals surface area contributed by atoms with Crippen LogP contribution in [0.3, 0.4) is 0 Å². The Balaban J connectivity index is 2.82. The molecule has 0 amide bonds. The highest BCUT2D eigenvalue weighted by Gasteiger charge is 2.26. The van der Waals surface area contributed by atoms with E-state index in [1.807, 2.05) is 32.9 Å². The summed E-state index contributed by atoms with van der Waals surface area (Å²) >= 11 is 6.11.